The van der Waals surface area contributed by atoms with Gasteiger partial charge in [-0.15, -0.1) is 11.8 Å². The predicted molar refractivity (Wildman–Crippen MR) is 121 cm³/mol. The van der Waals surface area contributed by atoms with Crippen LogP contribution in [0.1, 0.15) is 22.3 Å². The number of benzene rings is 2. The van der Waals surface area contributed by atoms with Crippen molar-refractivity contribution in [3.63, 3.8) is 0 Å². The highest BCUT2D eigenvalue weighted by Crippen LogP contribution is 2.19. The predicted octanol–water partition coefficient (Wildman–Crippen LogP) is 4.41. The normalized spacial score (nSPS) is 11.7. The van der Waals surface area contributed by atoms with Gasteiger partial charge < -0.3 is 10.6 Å². The summed E-state index contributed by atoms with van der Waals surface area (Å²) in [5.41, 5.74) is 1.58. The highest BCUT2D eigenvalue weighted by Gasteiger charge is 2.20. The molecular weight excluding hydrogens is 412 g/mol. The Kier molecular flexibility index (Phi) is 9.75. The summed E-state index contributed by atoms with van der Waals surface area (Å²) in [6.45, 7) is 2.47. The van der Waals surface area contributed by atoms with Gasteiger partial charge in [-0.2, -0.15) is 11.8 Å². The van der Waals surface area contributed by atoms with Crippen molar-refractivity contribution in [2.24, 2.45) is 0 Å². The largest absolute Gasteiger partial charge is 0.353 e. The summed E-state index contributed by atoms with van der Waals surface area (Å²) >= 11 is 9.18. The topological polar surface area (TPSA) is 58.2 Å². The van der Waals surface area contributed by atoms with Crippen LogP contribution >= 0.6 is 35.1 Å². The Bertz CT molecular complexity index is 784. The Balaban J connectivity index is 1.85. The minimum atomic E-state index is -0.541. The molecule has 2 amide bonds. The lowest BCUT2D eigenvalue weighted by Crippen LogP contribution is -2.47. The van der Waals surface area contributed by atoms with Gasteiger partial charge in [0, 0.05) is 27.8 Å². The van der Waals surface area contributed by atoms with Crippen molar-refractivity contribution in [2.45, 2.75) is 24.3 Å². The third kappa shape index (κ3) is 7.78. The number of thioether (sulfide) groups is 2. The van der Waals surface area contributed by atoms with Gasteiger partial charge in [0.25, 0.3) is 5.91 Å². The fourth-order valence-corrected chi connectivity index (χ4v) is 3.90. The molecule has 2 rings (SSSR count). The smallest absolute Gasteiger partial charge is 0.251 e. The third-order valence-corrected chi connectivity index (χ3v) is 5.91. The van der Waals surface area contributed by atoms with Crippen molar-refractivity contribution >= 4 is 46.9 Å². The Labute approximate surface area is 180 Å². The maximum atomic E-state index is 12.6. The summed E-state index contributed by atoms with van der Waals surface area (Å²) in [6, 6.07) is 14.4. The van der Waals surface area contributed by atoms with Crippen LogP contribution in [0.3, 0.4) is 0 Å². The molecule has 0 fully saturated rings. The fourth-order valence-electron chi connectivity index (χ4n) is 2.53. The number of amides is 2. The van der Waals surface area contributed by atoms with E-state index in [2.05, 4.69) is 10.6 Å². The van der Waals surface area contributed by atoms with Crippen LogP contribution in [0.4, 0.5) is 0 Å². The summed E-state index contributed by atoms with van der Waals surface area (Å²) in [5, 5.41) is 6.51. The number of aryl methyl sites for hydroxylation is 1. The molecule has 0 radical (unpaired) electrons. The number of hydrogen-bond donors (Lipinski definition) is 2. The van der Waals surface area contributed by atoms with Crippen molar-refractivity contribution in [1.29, 1.82) is 0 Å². The molecule has 0 aromatic heterocycles. The van der Waals surface area contributed by atoms with E-state index in [9.17, 15) is 9.59 Å². The van der Waals surface area contributed by atoms with Crippen molar-refractivity contribution in [1.82, 2.24) is 10.6 Å². The average molecular weight is 437 g/mol. The molecule has 28 heavy (non-hydrogen) atoms. The van der Waals surface area contributed by atoms with Gasteiger partial charge in [0.15, 0.2) is 0 Å². The first-order valence-electron chi connectivity index (χ1n) is 9.02. The van der Waals surface area contributed by atoms with Crippen LogP contribution in [0.2, 0.25) is 5.02 Å². The van der Waals surface area contributed by atoms with Crippen molar-refractivity contribution in [3.8, 4) is 0 Å². The number of rotatable bonds is 10. The van der Waals surface area contributed by atoms with E-state index >= 15 is 0 Å². The molecule has 0 heterocycles. The maximum Gasteiger partial charge on any atom is 0.251 e. The lowest BCUT2D eigenvalue weighted by molar-refractivity contribution is -0.122. The molecule has 0 spiro atoms. The highest BCUT2D eigenvalue weighted by atomic mass is 35.5. The van der Waals surface area contributed by atoms with Gasteiger partial charge in [-0.1, -0.05) is 29.3 Å². The minimum Gasteiger partial charge on any atom is -0.353 e. The minimum absolute atomic E-state index is 0.147. The van der Waals surface area contributed by atoms with E-state index < -0.39 is 6.04 Å². The highest BCUT2D eigenvalue weighted by molar-refractivity contribution is 7.99. The number of halogens is 1. The first-order chi connectivity index (χ1) is 13.5. The molecule has 0 saturated heterocycles. The van der Waals surface area contributed by atoms with Gasteiger partial charge in [0.05, 0.1) is 0 Å². The first kappa shape index (κ1) is 22.7. The second-order valence-electron chi connectivity index (χ2n) is 6.27. The summed E-state index contributed by atoms with van der Waals surface area (Å²) in [7, 11) is 0. The van der Waals surface area contributed by atoms with Gasteiger partial charge in [0.1, 0.15) is 6.04 Å². The lowest BCUT2D eigenvalue weighted by Gasteiger charge is -2.18. The molecule has 2 aromatic rings. The quantitative estimate of drug-likeness (QED) is 0.428. The molecule has 2 N–H and O–H groups in total. The number of carbonyl (C=O) groups is 2. The summed E-state index contributed by atoms with van der Waals surface area (Å²) in [6.07, 6.45) is 2.58. The van der Waals surface area contributed by atoms with E-state index in [1.165, 1.54) is 0 Å². The van der Waals surface area contributed by atoms with Gasteiger partial charge in [-0.05, 0) is 61.8 Å². The van der Waals surface area contributed by atoms with Crippen molar-refractivity contribution < 1.29 is 9.59 Å². The van der Waals surface area contributed by atoms with Crippen molar-refractivity contribution in [2.75, 3.05) is 24.3 Å². The SMILES string of the molecule is CSCCC(NC(=O)c1cccc(C)c1)C(=O)NCCSc1ccc(Cl)cc1. The van der Waals surface area contributed by atoms with Crippen LogP contribution in [0.15, 0.2) is 53.4 Å². The van der Waals surface area contributed by atoms with Gasteiger partial charge in [0.2, 0.25) is 5.91 Å². The van der Waals surface area contributed by atoms with Gasteiger partial charge in [-0.25, -0.2) is 0 Å². The zero-order valence-corrected chi connectivity index (χ0v) is 18.4. The van der Waals surface area contributed by atoms with Gasteiger partial charge >= 0.3 is 0 Å². The Morgan fingerprint density at radius 1 is 1.11 bits per heavy atom. The van der Waals surface area contributed by atoms with E-state index in [0.717, 1.165) is 22.0 Å². The molecule has 1 atom stereocenters. The molecule has 0 aliphatic rings. The number of nitrogens with one attached hydrogen (secondary N) is 2. The van der Waals surface area contributed by atoms with Crippen LogP contribution in [0, 0.1) is 6.92 Å². The monoisotopic (exact) mass is 436 g/mol. The zero-order chi connectivity index (χ0) is 20.4. The summed E-state index contributed by atoms with van der Waals surface area (Å²) in [4.78, 5) is 26.2. The standard InChI is InChI=1S/C21H25ClN2O2S2/c1-15-4-3-5-16(14-15)20(25)24-19(10-12-27-2)21(26)23-11-13-28-18-8-6-17(22)7-9-18/h3-9,14,19H,10-13H2,1-2H3,(H,23,26)(H,24,25). The van der Waals surface area contributed by atoms with E-state index in [-0.39, 0.29) is 11.8 Å². The molecule has 0 aliphatic carbocycles. The zero-order valence-electron chi connectivity index (χ0n) is 16.0. The lowest BCUT2D eigenvalue weighted by atomic mass is 10.1. The first-order valence-corrected chi connectivity index (χ1v) is 11.8. The van der Waals surface area contributed by atoms with Gasteiger partial charge in [-0.3, -0.25) is 9.59 Å². The van der Waals surface area contributed by atoms with Crippen molar-refractivity contribution in [3.05, 3.63) is 64.7 Å². The van der Waals surface area contributed by atoms with Crippen LogP contribution in [0.5, 0.6) is 0 Å². The number of carbonyl (C=O) groups excluding carboxylic acids is 2. The molecule has 4 nitrogen and oxygen atoms in total. The molecule has 150 valence electrons. The van der Waals surface area contributed by atoms with Crippen LogP contribution in [-0.2, 0) is 4.79 Å². The summed E-state index contributed by atoms with van der Waals surface area (Å²) < 4.78 is 0. The molecule has 0 aliphatic heterocycles. The molecule has 7 heteroatoms. The average Bonchev–Trinajstić information content (AvgIpc) is 2.69. The number of hydrogen-bond acceptors (Lipinski definition) is 4. The van der Waals surface area contributed by atoms with E-state index in [4.69, 9.17) is 11.6 Å². The second kappa shape index (κ2) is 12.0. The Morgan fingerprint density at radius 3 is 2.54 bits per heavy atom. The Morgan fingerprint density at radius 2 is 1.86 bits per heavy atom. The molecule has 0 saturated carbocycles. The van der Waals surface area contributed by atoms with E-state index in [1.54, 1.807) is 29.6 Å². The molecule has 1 unspecified atom stereocenters. The fraction of sp³-hybridized carbons (Fsp3) is 0.333. The Hall–Kier alpha value is -1.63. The molecular formula is C21H25ClN2O2S2. The van der Waals surface area contributed by atoms with Crippen LogP contribution in [0.25, 0.3) is 0 Å². The van der Waals surface area contributed by atoms with E-state index in [0.29, 0.717) is 23.6 Å². The third-order valence-electron chi connectivity index (χ3n) is 4.00. The molecule has 2 aromatic carbocycles. The van der Waals surface area contributed by atoms with Crippen LogP contribution < -0.4 is 10.6 Å². The maximum absolute atomic E-state index is 12.6. The summed E-state index contributed by atoms with van der Waals surface area (Å²) in [5.74, 6) is 1.17. The molecule has 0 bridgehead atoms. The van der Waals surface area contributed by atoms with Crippen LogP contribution in [-0.4, -0.2) is 42.2 Å². The second-order valence-corrected chi connectivity index (χ2v) is 8.86. The van der Waals surface area contributed by atoms with E-state index in [1.807, 2.05) is 55.6 Å².